The number of rotatable bonds is 8. The maximum Gasteiger partial charge on any atom is 0.254 e. The number of carbonyl (C=O) groups is 1. The summed E-state index contributed by atoms with van der Waals surface area (Å²) in [6, 6.07) is 18.7. The molecule has 6 heteroatoms. The van der Waals surface area contributed by atoms with Crippen molar-refractivity contribution in [3.8, 4) is 5.75 Å². The Hall–Kier alpha value is -3.22. The number of likely N-dealkylation sites (tertiary alicyclic amines) is 1. The highest BCUT2D eigenvalue weighted by Crippen LogP contribution is 2.18. The van der Waals surface area contributed by atoms with Crippen LogP contribution in [0.5, 0.6) is 5.75 Å². The molecule has 0 amide bonds. The first kappa shape index (κ1) is 22.0. The number of aromatic nitrogens is 1. The van der Waals surface area contributed by atoms with Crippen LogP contribution < -0.4 is 10.3 Å². The van der Waals surface area contributed by atoms with Gasteiger partial charge in [0, 0.05) is 37.5 Å². The van der Waals surface area contributed by atoms with Gasteiger partial charge in [0.2, 0.25) is 0 Å². The van der Waals surface area contributed by atoms with Gasteiger partial charge in [-0.25, -0.2) is 0 Å². The summed E-state index contributed by atoms with van der Waals surface area (Å²) in [5, 5.41) is 9.69. The molecule has 2 heterocycles. The summed E-state index contributed by atoms with van der Waals surface area (Å²) >= 11 is 0. The van der Waals surface area contributed by atoms with E-state index in [1.54, 1.807) is 12.3 Å². The number of aliphatic hydroxyl groups is 1. The molecule has 6 nitrogen and oxygen atoms in total. The highest BCUT2D eigenvalue weighted by Gasteiger charge is 2.20. The number of carbonyl (C=O) groups excluding carboxylic acids is 1. The molecule has 0 aliphatic carbocycles. The Morgan fingerprint density at radius 1 is 1.09 bits per heavy atom. The molecule has 1 N–H and O–H groups in total. The molecule has 0 radical (unpaired) electrons. The van der Waals surface area contributed by atoms with E-state index in [-0.39, 0.29) is 24.0 Å². The lowest BCUT2D eigenvalue weighted by Gasteiger charge is -2.16. The third kappa shape index (κ3) is 5.52. The van der Waals surface area contributed by atoms with Gasteiger partial charge in [-0.2, -0.15) is 0 Å². The number of hydrogen-bond acceptors (Lipinski definition) is 5. The number of aryl methyl sites for hydroxylation is 1. The first-order chi connectivity index (χ1) is 15.5. The van der Waals surface area contributed by atoms with E-state index >= 15 is 0 Å². The third-order valence-electron chi connectivity index (χ3n) is 5.77. The molecular formula is C26H28N2O4. The number of Topliss-reactive ketones (excluding diaryl/α,β-unsaturated/α-hetero) is 1. The molecule has 2 aromatic carbocycles. The second-order valence-corrected chi connectivity index (χ2v) is 8.35. The van der Waals surface area contributed by atoms with Crippen LogP contribution in [0.4, 0.5) is 0 Å². The van der Waals surface area contributed by atoms with Crippen LogP contribution in [-0.4, -0.2) is 39.6 Å². The van der Waals surface area contributed by atoms with Crippen LogP contribution in [0.3, 0.4) is 0 Å². The molecule has 0 bridgehead atoms. The predicted octanol–water partition coefficient (Wildman–Crippen LogP) is 3.19. The second kappa shape index (κ2) is 9.94. The van der Waals surface area contributed by atoms with Gasteiger partial charge in [-0.3, -0.25) is 14.5 Å². The summed E-state index contributed by atoms with van der Waals surface area (Å²) in [7, 11) is 0. The summed E-state index contributed by atoms with van der Waals surface area (Å²) < 4.78 is 7.09. The summed E-state index contributed by atoms with van der Waals surface area (Å²) in [6.45, 7) is 4.61. The molecule has 4 rings (SSSR count). The quantitative estimate of drug-likeness (QED) is 0.554. The molecule has 1 aliphatic rings. The largest absolute Gasteiger partial charge is 0.489 e. The smallest absolute Gasteiger partial charge is 0.254 e. The zero-order chi connectivity index (χ0) is 22.5. The van der Waals surface area contributed by atoms with E-state index in [0.717, 1.165) is 36.2 Å². The van der Waals surface area contributed by atoms with Gasteiger partial charge in [0.25, 0.3) is 5.56 Å². The highest BCUT2D eigenvalue weighted by atomic mass is 16.5. The van der Waals surface area contributed by atoms with E-state index in [1.807, 2.05) is 55.5 Å². The van der Waals surface area contributed by atoms with Crippen molar-refractivity contribution in [3.63, 3.8) is 0 Å². The predicted molar refractivity (Wildman–Crippen MR) is 123 cm³/mol. The van der Waals surface area contributed by atoms with E-state index in [1.165, 1.54) is 10.6 Å². The van der Waals surface area contributed by atoms with Crippen LogP contribution in [0.25, 0.3) is 0 Å². The average Bonchev–Trinajstić information content (AvgIpc) is 3.19. The number of benzene rings is 2. The van der Waals surface area contributed by atoms with E-state index < -0.39 is 0 Å². The number of nitrogens with zero attached hydrogens (tertiary/aromatic N) is 2. The van der Waals surface area contributed by atoms with Crippen LogP contribution >= 0.6 is 0 Å². The topological polar surface area (TPSA) is 71.8 Å². The standard InChI is InChI=1S/C26H28N2O4/c1-19-13-21(15-27-11-9-22(29)16-27)7-8-24(19)25(30)17-28-12-10-23(14-26(28)31)32-18-20-5-3-2-4-6-20/h2-8,10,12-14,22,29H,9,11,15-18H2,1H3. The summed E-state index contributed by atoms with van der Waals surface area (Å²) in [5.41, 5.74) is 3.37. The van der Waals surface area contributed by atoms with Gasteiger partial charge >= 0.3 is 0 Å². The fourth-order valence-electron chi connectivity index (χ4n) is 4.04. The fraction of sp³-hybridized carbons (Fsp3) is 0.308. The fourth-order valence-corrected chi connectivity index (χ4v) is 4.04. The lowest BCUT2D eigenvalue weighted by Crippen LogP contribution is -2.24. The van der Waals surface area contributed by atoms with Gasteiger partial charge in [-0.1, -0.05) is 48.5 Å². The number of hydrogen-bond donors (Lipinski definition) is 1. The summed E-state index contributed by atoms with van der Waals surface area (Å²) in [5.74, 6) is 0.376. The number of ether oxygens (including phenoxy) is 1. The maximum atomic E-state index is 12.8. The van der Waals surface area contributed by atoms with Crippen molar-refractivity contribution in [1.29, 1.82) is 0 Å². The SMILES string of the molecule is Cc1cc(CN2CCC(O)C2)ccc1C(=O)Cn1ccc(OCc2ccccc2)cc1=O. The molecule has 1 fully saturated rings. The molecule has 1 atom stereocenters. The number of β-amino-alcohol motifs (C(OH)–C–C–N with tert-alkyl or cyclic N) is 1. The van der Waals surface area contributed by atoms with Gasteiger partial charge < -0.3 is 14.4 Å². The minimum absolute atomic E-state index is 0.0176. The van der Waals surface area contributed by atoms with Gasteiger partial charge in [-0.05, 0) is 36.1 Å². The molecule has 32 heavy (non-hydrogen) atoms. The van der Waals surface area contributed by atoms with Crippen molar-refractivity contribution in [2.75, 3.05) is 13.1 Å². The third-order valence-corrected chi connectivity index (χ3v) is 5.77. The van der Waals surface area contributed by atoms with Crippen molar-refractivity contribution >= 4 is 5.78 Å². The van der Waals surface area contributed by atoms with E-state index in [0.29, 0.717) is 24.5 Å². The Kier molecular flexibility index (Phi) is 6.83. The summed E-state index contributed by atoms with van der Waals surface area (Å²) in [4.78, 5) is 27.5. The molecule has 0 saturated carbocycles. The summed E-state index contributed by atoms with van der Waals surface area (Å²) in [6.07, 6.45) is 2.16. The molecule has 1 aliphatic heterocycles. The van der Waals surface area contributed by atoms with Crippen molar-refractivity contribution < 1.29 is 14.6 Å². The van der Waals surface area contributed by atoms with Crippen LogP contribution in [-0.2, 0) is 19.7 Å². The van der Waals surface area contributed by atoms with Gasteiger partial charge in [0.1, 0.15) is 12.4 Å². The van der Waals surface area contributed by atoms with Crippen molar-refractivity contribution in [2.24, 2.45) is 0 Å². The van der Waals surface area contributed by atoms with Crippen molar-refractivity contribution in [3.05, 3.63) is 99.5 Å². The van der Waals surface area contributed by atoms with Gasteiger partial charge in [0.05, 0.1) is 12.6 Å². The van der Waals surface area contributed by atoms with Gasteiger partial charge in [-0.15, -0.1) is 0 Å². The number of aliphatic hydroxyl groups excluding tert-OH is 1. The molecule has 1 saturated heterocycles. The first-order valence-electron chi connectivity index (χ1n) is 10.9. The second-order valence-electron chi connectivity index (χ2n) is 8.35. The van der Waals surface area contributed by atoms with E-state index in [4.69, 9.17) is 4.74 Å². The van der Waals surface area contributed by atoms with Gasteiger partial charge in [0.15, 0.2) is 5.78 Å². The minimum Gasteiger partial charge on any atom is -0.489 e. The molecule has 1 aromatic heterocycles. The van der Waals surface area contributed by atoms with Crippen LogP contribution in [0.2, 0.25) is 0 Å². The Balaban J connectivity index is 1.38. The maximum absolute atomic E-state index is 12.8. The van der Waals surface area contributed by atoms with Crippen LogP contribution in [0.1, 0.15) is 33.5 Å². The Morgan fingerprint density at radius 2 is 1.91 bits per heavy atom. The number of ketones is 1. The molecule has 0 spiro atoms. The monoisotopic (exact) mass is 432 g/mol. The van der Waals surface area contributed by atoms with Crippen LogP contribution in [0.15, 0.2) is 71.7 Å². The van der Waals surface area contributed by atoms with E-state index in [9.17, 15) is 14.7 Å². The molecule has 3 aromatic rings. The average molecular weight is 433 g/mol. The molecule has 1 unspecified atom stereocenters. The minimum atomic E-state index is -0.272. The lowest BCUT2D eigenvalue weighted by atomic mass is 10.0. The zero-order valence-electron chi connectivity index (χ0n) is 18.2. The normalized spacial score (nSPS) is 16.2. The van der Waals surface area contributed by atoms with Crippen molar-refractivity contribution in [1.82, 2.24) is 9.47 Å². The van der Waals surface area contributed by atoms with Crippen molar-refractivity contribution in [2.45, 2.75) is 39.1 Å². The Bertz CT molecular complexity index is 1140. The lowest BCUT2D eigenvalue weighted by molar-refractivity contribution is 0.0970. The molecule has 166 valence electrons. The highest BCUT2D eigenvalue weighted by molar-refractivity contribution is 5.97. The number of pyridine rings is 1. The first-order valence-corrected chi connectivity index (χ1v) is 10.9. The zero-order valence-corrected chi connectivity index (χ0v) is 18.2. The van der Waals surface area contributed by atoms with E-state index in [2.05, 4.69) is 4.90 Å². The molecular weight excluding hydrogens is 404 g/mol. The Labute approximate surface area is 187 Å². The Morgan fingerprint density at radius 3 is 2.59 bits per heavy atom. The van der Waals surface area contributed by atoms with Crippen LogP contribution in [0, 0.1) is 6.92 Å².